The monoisotopic (exact) mass is 395 g/mol. The van der Waals surface area contributed by atoms with Crippen molar-refractivity contribution in [2.45, 2.75) is 13.8 Å². The summed E-state index contributed by atoms with van der Waals surface area (Å²) in [4.78, 5) is 34.3. The van der Waals surface area contributed by atoms with Crippen LogP contribution in [0.5, 0.6) is 0 Å². The molecule has 4 rings (SSSR count). The third-order valence-electron chi connectivity index (χ3n) is 4.46. The second-order valence-electron chi connectivity index (χ2n) is 6.60. The summed E-state index contributed by atoms with van der Waals surface area (Å²) in [5, 5.41) is 5.48. The molecule has 0 aliphatic carbocycles. The van der Waals surface area contributed by atoms with E-state index in [2.05, 4.69) is 30.2 Å². The molecule has 0 spiro atoms. The molecule has 0 saturated carbocycles. The summed E-state index contributed by atoms with van der Waals surface area (Å²) in [5.74, 6) is 1.39. The lowest BCUT2D eigenvalue weighted by molar-refractivity contribution is 0.0741. The van der Waals surface area contributed by atoms with Crippen LogP contribution in [0.4, 0.5) is 16.9 Å². The number of rotatable bonds is 4. The Morgan fingerprint density at radius 2 is 1.82 bits per heavy atom. The fourth-order valence-corrected chi connectivity index (χ4v) is 3.83. The molecule has 1 fully saturated rings. The average Bonchev–Trinajstić information content (AvgIpc) is 3.16. The Labute approximate surface area is 167 Å². The molecule has 1 aliphatic heterocycles. The minimum absolute atomic E-state index is 0.0497. The molecule has 0 bridgehead atoms. The van der Waals surface area contributed by atoms with Gasteiger partial charge in [-0.15, -0.1) is 11.3 Å². The van der Waals surface area contributed by atoms with Crippen LogP contribution in [-0.2, 0) is 0 Å². The smallest absolute Gasteiger partial charge is 0.273 e. The number of amides is 1. The lowest BCUT2D eigenvalue weighted by atomic mass is 10.3. The maximum Gasteiger partial charge on any atom is 0.273 e. The van der Waals surface area contributed by atoms with E-state index in [-0.39, 0.29) is 5.91 Å². The van der Waals surface area contributed by atoms with Crippen LogP contribution >= 0.6 is 11.3 Å². The van der Waals surface area contributed by atoms with Gasteiger partial charge in [-0.25, -0.2) is 19.9 Å². The Kier molecular flexibility index (Phi) is 5.16. The zero-order chi connectivity index (χ0) is 19.5. The number of nitrogens with one attached hydrogen (secondary N) is 1. The van der Waals surface area contributed by atoms with Gasteiger partial charge in [-0.1, -0.05) is 6.07 Å². The summed E-state index contributed by atoms with van der Waals surface area (Å²) < 4.78 is 0. The highest BCUT2D eigenvalue weighted by atomic mass is 32.1. The summed E-state index contributed by atoms with van der Waals surface area (Å²) in [6.45, 7) is 6.65. The van der Waals surface area contributed by atoms with Crippen molar-refractivity contribution in [3.63, 3.8) is 0 Å². The van der Waals surface area contributed by atoms with Crippen molar-refractivity contribution in [2.75, 3.05) is 36.4 Å². The first-order valence-corrected chi connectivity index (χ1v) is 9.96. The van der Waals surface area contributed by atoms with Gasteiger partial charge in [0.1, 0.15) is 11.5 Å². The molecule has 3 aromatic heterocycles. The van der Waals surface area contributed by atoms with Crippen LogP contribution in [0.3, 0.4) is 0 Å². The maximum atomic E-state index is 12.8. The van der Waals surface area contributed by atoms with Gasteiger partial charge in [0.15, 0.2) is 5.13 Å². The summed E-state index contributed by atoms with van der Waals surface area (Å²) in [7, 11) is 0. The highest BCUT2D eigenvalue weighted by Gasteiger charge is 2.24. The maximum absolute atomic E-state index is 12.8. The molecule has 28 heavy (non-hydrogen) atoms. The molecule has 144 valence electrons. The fraction of sp³-hybridized carbons (Fsp3) is 0.316. The van der Waals surface area contributed by atoms with E-state index in [4.69, 9.17) is 0 Å². The number of nitrogens with zero attached hydrogens (tertiary/aromatic N) is 6. The molecular formula is C19H21N7OS. The number of pyridine rings is 1. The van der Waals surface area contributed by atoms with Gasteiger partial charge in [0.2, 0.25) is 5.95 Å². The second-order valence-corrected chi connectivity index (χ2v) is 7.46. The van der Waals surface area contributed by atoms with Gasteiger partial charge in [-0.3, -0.25) is 4.79 Å². The van der Waals surface area contributed by atoms with Gasteiger partial charge in [0.05, 0.1) is 0 Å². The third-order valence-corrected chi connectivity index (χ3v) is 5.22. The molecule has 0 unspecified atom stereocenters. The molecular weight excluding hydrogens is 374 g/mol. The number of aryl methyl sites for hydroxylation is 2. The van der Waals surface area contributed by atoms with Crippen molar-refractivity contribution in [3.8, 4) is 0 Å². The van der Waals surface area contributed by atoms with Crippen molar-refractivity contribution >= 4 is 34.1 Å². The van der Waals surface area contributed by atoms with Crippen LogP contribution in [0.2, 0.25) is 0 Å². The fourth-order valence-electron chi connectivity index (χ4n) is 3.15. The first-order valence-electron chi connectivity index (χ1n) is 9.08. The highest BCUT2D eigenvalue weighted by molar-refractivity contribution is 7.14. The Morgan fingerprint density at radius 3 is 2.50 bits per heavy atom. The van der Waals surface area contributed by atoms with Crippen LogP contribution in [0.15, 0.2) is 35.8 Å². The van der Waals surface area contributed by atoms with Gasteiger partial charge in [-0.2, -0.15) is 0 Å². The minimum atomic E-state index is -0.0497. The van der Waals surface area contributed by atoms with E-state index in [9.17, 15) is 4.79 Å². The van der Waals surface area contributed by atoms with E-state index in [0.29, 0.717) is 29.9 Å². The summed E-state index contributed by atoms with van der Waals surface area (Å²) >= 11 is 1.38. The molecule has 4 heterocycles. The van der Waals surface area contributed by atoms with Crippen molar-refractivity contribution in [2.24, 2.45) is 0 Å². The van der Waals surface area contributed by atoms with E-state index < -0.39 is 0 Å². The molecule has 1 saturated heterocycles. The van der Waals surface area contributed by atoms with E-state index in [1.165, 1.54) is 11.3 Å². The van der Waals surface area contributed by atoms with Crippen LogP contribution in [0.1, 0.15) is 21.9 Å². The molecule has 1 N–H and O–H groups in total. The van der Waals surface area contributed by atoms with Crippen molar-refractivity contribution < 1.29 is 4.79 Å². The molecule has 1 aliphatic rings. The van der Waals surface area contributed by atoms with Crippen LogP contribution in [0.25, 0.3) is 0 Å². The lowest BCUT2D eigenvalue weighted by Crippen LogP contribution is -2.49. The predicted molar refractivity (Wildman–Crippen MR) is 109 cm³/mol. The lowest BCUT2D eigenvalue weighted by Gasteiger charge is -2.35. The van der Waals surface area contributed by atoms with Crippen LogP contribution in [-0.4, -0.2) is 56.9 Å². The Morgan fingerprint density at radius 1 is 1.07 bits per heavy atom. The van der Waals surface area contributed by atoms with Gasteiger partial charge in [0, 0.05) is 49.1 Å². The van der Waals surface area contributed by atoms with Gasteiger partial charge in [-0.05, 0) is 32.0 Å². The minimum Gasteiger partial charge on any atom is -0.353 e. The second kappa shape index (κ2) is 7.89. The summed E-state index contributed by atoms with van der Waals surface area (Å²) in [6, 6.07) is 7.78. The number of carbonyl (C=O) groups is 1. The Balaban J connectivity index is 1.38. The zero-order valence-electron chi connectivity index (χ0n) is 15.8. The number of hydrogen-bond donors (Lipinski definition) is 1. The number of aromatic nitrogens is 4. The SMILES string of the molecule is Cc1cc(C)nc(Nc2nc(C(=O)N3CCN(c4ccccn4)CC3)cs2)n1. The van der Waals surface area contributed by atoms with Crippen molar-refractivity contribution in [3.05, 3.63) is 52.9 Å². The highest BCUT2D eigenvalue weighted by Crippen LogP contribution is 2.21. The number of thiazole rings is 1. The summed E-state index contributed by atoms with van der Waals surface area (Å²) in [5.41, 5.74) is 2.21. The van der Waals surface area contributed by atoms with Gasteiger partial charge >= 0.3 is 0 Å². The van der Waals surface area contributed by atoms with Gasteiger partial charge in [0.25, 0.3) is 5.91 Å². The largest absolute Gasteiger partial charge is 0.353 e. The Hall–Kier alpha value is -3.07. The number of anilines is 3. The molecule has 0 radical (unpaired) electrons. The first-order chi connectivity index (χ1) is 13.6. The summed E-state index contributed by atoms with van der Waals surface area (Å²) in [6.07, 6.45) is 1.79. The molecule has 0 atom stereocenters. The molecule has 3 aromatic rings. The normalized spacial score (nSPS) is 14.2. The number of piperazine rings is 1. The molecule has 9 heteroatoms. The quantitative estimate of drug-likeness (QED) is 0.727. The Bertz CT molecular complexity index is 947. The van der Waals surface area contributed by atoms with E-state index in [1.807, 2.05) is 43.0 Å². The number of hydrogen-bond acceptors (Lipinski definition) is 8. The molecule has 8 nitrogen and oxygen atoms in total. The number of carbonyl (C=O) groups excluding carboxylic acids is 1. The van der Waals surface area contributed by atoms with E-state index in [1.54, 1.807) is 11.6 Å². The van der Waals surface area contributed by atoms with Crippen LogP contribution < -0.4 is 10.2 Å². The third kappa shape index (κ3) is 4.09. The standard InChI is InChI=1S/C19H21N7OS/c1-13-11-14(2)22-18(21-13)24-19-23-15(12-28-19)17(27)26-9-7-25(8-10-26)16-5-3-4-6-20-16/h3-6,11-12H,7-10H2,1-2H3,(H,21,22,23,24). The van der Waals surface area contributed by atoms with E-state index >= 15 is 0 Å². The zero-order valence-corrected chi connectivity index (χ0v) is 16.6. The first kappa shape index (κ1) is 18.3. The van der Waals surface area contributed by atoms with Crippen molar-refractivity contribution in [1.29, 1.82) is 0 Å². The topological polar surface area (TPSA) is 87.1 Å². The van der Waals surface area contributed by atoms with Gasteiger partial charge < -0.3 is 15.1 Å². The predicted octanol–water partition coefficient (Wildman–Crippen LogP) is 2.65. The van der Waals surface area contributed by atoms with Crippen LogP contribution in [0, 0.1) is 13.8 Å². The van der Waals surface area contributed by atoms with Crippen molar-refractivity contribution in [1.82, 2.24) is 24.8 Å². The molecule has 0 aromatic carbocycles. The molecule has 1 amide bonds. The van der Waals surface area contributed by atoms with E-state index in [0.717, 1.165) is 30.3 Å². The average molecular weight is 395 g/mol.